The van der Waals surface area contributed by atoms with Crippen LogP contribution >= 0.6 is 0 Å². The van der Waals surface area contributed by atoms with E-state index in [1.807, 2.05) is 6.92 Å². The number of hydrogen-bond donors (Lipinski definition) is 1. The van der Waals surface area contributed by atoms with Crippen molar-refractivity contribution in [3.63, 3.8) is 0 Å². The minimum absolute atomic E-state index is 0.176. The zero-order chi connectivity index (χ0) is 20.3. The fraction of sp³-hybridized carbons (Fsp3) is 0.300. The van der Waals surface area contributed by atoms with Gasteiger partial charge >= 0.3 is 6.03 Å². The van der Waals surface area contributed by atoms with Crippen molar-refractivity contribution in [3.05, 3.63) is 58.9 Å². The third-order valence-electron chi connectivity index (χ3n) is 4.72. The van der Waals surface area contributed by atoms with Crippen molar-refractivity contribution in [2.24, 2.45) is 5.92 Å². The summed E-state index contributed by atoms with van der Waals surface area (Å²) in [7, 11) is 0. The maximum Gasteiger partial charge on any atom is 0.321 e. The number of hydrogen-bond acceptors (Lipinski definition) is 4. The molecule has 0 radical (unpaired) electrons. The van der Waals surface area contributed by atoms with Crippen LogP contribution in [-0.4, -0.2) is 34.8 Å². The van der Waals surface area contributed by atoms with E-state index < -0.39 is 28.9 Å². The lowest BCUT2D eigenvalue weighted by molar-refractivity contribution is 0.0850. The van der Waals surface area contributed by atoms with Gasteiger partial charge in [0.05, 0.1) is 17.2 Å². The van der Waals surface area contributed by atoms with Crippen molar-refractivity contribution >= 4 is 17.5 Å². The van der Waals surface area contributed by atoms with Gasteiger partial charge in [-0.3, -0.25) is 9.78 Å². The zero-order valence-corrected chi connectivity index (χ0v) is 15.2. The molecule has 2 heterocycles. The summed E-state index contributed by atoms with van der Waals surface area (Å²) in [5.41, 5.74) is 0.601. The number of aromatic nitrogens is 1. The zero-order valence-electron chi connectivity index (χ0n) is 15.2. The molecule has 1 aliphatic heterocycles. The number of aryl methyl sites for hydroxylation is 1. The highest BCUT2D eigenvalue weighted by atomic mass is 19.1. The number of rotatable bonds is 3. The highest BCUT2D eigenvalue weighted by molar-refractivity contribution is 5.98. The Morgan fingerprint density at radius 2 is 1.86 bits per heavy atom. The number of Topliss-reactive ketones (excluding diaryl/α,β-unsaturated/α-hetero) is 1. The lowest BCUT2D eigenvalue weighted by atomic mass is 9.88. The van der Waals surface area contributed by atoms with Crippen LogP contribution in [0.15, 0.2) is 30.5 Å². The van der Waals surface area contributed by atoms with Gasteiger partial charge in [0, 0.05) is 36.6 Å². The molecule has 0 spiro atoms. The summed E-state index contributed by atoms with van der Waals surface area (Å²) in [5, 5.41) is 11.5. The Balaban J connectivity index is 1.63. The van der Waals surface area contributed by atoms with Gasteiger partial charge in [-0.2, -0.15) is 5.26 Å². The van der Waals surface area contributed by atoms with Gasteiger partial charge in [-0.15, -0.1) is 0 Å². The molecule has 2 aromatic rings. The number of carbonyl (C=O) groups excluding carboxylic acids is 2. The first-order chi connectivity index (χ1) is 13.4. The number of nitrogens with one attached hydrogen (secondary N) is 1. The van der Waals surface area contributed by atoms with E-state index in [0.29, 0.717) is 31.6 Å². The number of pyridine rings is 1. The van der Waals surface area contributed by atoms with Crippen molar-refractivity contribution in [2.75, 3.05) is 18.4 Å². The van der Waals surface area contributed by atoms with Gasteiger partial charge in [0.1, 0.15) is 11.6 Å². The number of piperidine rings is 1. The summed E-state index contributed by atoms with van der Waals surface area (Å²) < 4.78 is 28.2. The van der Waals surface area contributed by atoms with Gasteiger partial charge in [-0.1, -0.05) is 0 Å². The molecule has 3 rings (SSSR count). The molecule has 8 heteroatoms. The van der Waals surface area contributed by atoms with E-state index in [1.54, 1.807) is 29.3 Å². The molecular formula is C20H18F2N4O2. The number of urea groups is 1. The second-order valence-corrected chi connectivity index (χ2v) is 6.67. The van der Waals surface area contributed by atoms with Crippen molar-refractivity contribution in [3.8, 4) is 6.07 Å². The van der Waals surface area contributed by atoms with E-state index in [4.69, 9.17) is 5.26 Å². The van der Waals surface area contributed by atoms with Crippen LogP contribution in [0.3, 0.4) is 0 Å². The molecular weight excluding hydrogens is 366 g/mol. The Morgan fingerprint density at radius 3 is 2.43 bits per heavy atom. The van der Waals surface area contributed by atoms with Crippen molar-refractivity contribution < 1.29 is 18.4 Å². The number of nitrogens with zero attached hydrogens (tertiary/aromatic N) is 3. The average molecular weight is 384 g/mol. The smallest absolute Gasteiger partial charge is 0.321 e. The molecule has 1 aliphatic rings. The topological polar surface area (TPSA) is 86.1 Å². The molecule has 1 N–H and O–H groups in total. The molecule has 6 nitrogen and oxygen atoms in total. The van der Waals surface area contributed by atoms with Gasteiger partial charge in [0.25, 0.3) is 0 Å². The van der Waals surface area contributed by atoms with Crippen molar-refractivity contribution in [1.29, 1.82) is 5.26 Å². The minimum atomic E-state index is -1.03. The number of halogens is 2. The Bertz CT molecular complexity index is 940. The van der Waals surface area contributed by atoms with Crippen LogP contribution in [0.25, 0.3) is 0 Å². The quantitative estimate of drug-likeness (QED) is 0.818. The van der Waals surface area contributed by atoms with E-state index in [1.165, 1.54) is 0 Å². The molecule has 0 saturated carbocycles. The number of nitriles is 1. The number of carbonyl (C=O) groups is 2. The molecule has 1 aromatic heterocycles. The van der Waals surface area contributed by atoms with Crippen LogP contribution < -0.4 is 5.32 Å². The normalized spacial score (nSPS) is 14.4. The molecule has 1 saturated heterocycles. The number of anilines is 1. The maximum absolute atomic E-state index is 14.1. The standard InChI is InChI=1S/C20H18F2N4O2/c1-12-8-15(2-5-24-12)25-20(28)26-6-3-14(4-7-26)19(27)18-16(21)9-13(11-23)10-17(18)22/h2,5,8-10,14H,3-4,6-7H2,1H3,(H,24,25,28). The predicted octanol–water partition coefficient (Wildman–Crippen LogP) is 3.67. The van der Waals surface area contributed by atoms with Gasteiger partial charge in [0.2, 0.25) is 0 Å². The maximum atomic E-state index is 14.1. The van der Waals surface area contributed by atoms with E-state index in [2.05, 4.69) is 10.3 Å². The van der Waals surface area contributed by atoms with Crippen LogP contribution in [0.5, 0.6) is 0 Å². The minimum Gasteiger partial charge on any atom is -0.324 e. The SMILES string of the molecule is Cc1cc(NC(=O)N2CCC(C(=O)c3c(F)cc(C#N)cc3F)CC2)ccn1. The average Bonchev–Trinajstić information content (AvgIpc) is 2.67. The Hall–Kier alpha value is -3.34. The molecule has 0 aliphatic carbocycles. The third-order valence-corrected chi connectivity index (χ3v) is 4.72. The van der Waals surface area contributed by atoms with Crippen LogP contribution in [0, 0.1) is 35.8 Å². The molecule has 2 amide bonds. The fourth-order valence-electron chi connectivity index (χ4n) is 3.25. The molecule has 0 bridgehead atoms. The van der Waals surface area contributed by atoms with Gasteiger partial charge < -0.3 is 10.2 Å². The van der Waals surface area contributed by atoms with Crippen molar-refractivity contribution in [2.45, 2.75) is 19.8 Å². The van der Waals surface area contributed by atoms with E-state index in [-0.39, 0.29) is 11.6 Å². The van der Waals surface area contributed by atoms with E-state index >= 15 is 0 Å². The largest absolute Gasteiger partial charge is 0.324 e. The summed E-state index contributed by atoms with van der Waals surface area (Å²) in [5.74, 6) is -3.28. The molecule has 0 atom stereocenters. The fourth-order valence-corrected chi connectivity index (χ4v) is 3.25. The second-order valence-electron chi connectivity index (χ2n) is 6.67. The molecule has 0 unspecified atom stereocenters. The number of amides is 2. The summed E-state index contributed by atoms with van der Waals surface area (Å²) >= 11 is 0. The number of benzene rings is 1. The van der Waals surface area contributed by atoms with Crippen LogP contribution in [0.4, 0.5) is 19.3 Å². The summed E-state index contributed by atoms with van der Waals surface area (Å²) in [4.78, 5) is 30.5. The van der Waals surface area contributed by atoms with E-state index in [0.717, 1.165) is 17.8 Å². The first kappa shape index (κ1) is 19.4. The monoisotopic (exact) mass is 384 g/mol. The Kier molecular flexibility index (Phi) is 5.64. The van der Waals surface area contributed by atoms with Crippen LogP contribution in [0.1, 0.15) is 34.5 Å². The predicted molar refractivity (Wildman–Crippen MR) is 97.7 cm³/mol. The number of likely N-dealkylation sites (tertiary alicyclic amines) is 1. The Labute approximate surface area is 160 Å². The highest BCUT2D eigenvalue weighted by Gasteiger charge is 2.31. The highest BCUT2D eigenvalue weighted by Crippen LogP contribution is 2.26. The summed E-state index contributed by atoms with van der Waals surface area (Å²) in [6.07, 6.45) is 2.21. The second kappa shape index (κ2) is 8.13. The van der Waals surface area contributed by atoms with Gasteiger partial charge in [-0.05, 0) is 44.0 Å². The Morgan fingerprint density at radius 1 is 1.21 bits per heavy atom. The van der Waals surface area contributed by atoms with E-state index in [9.17, 15) is 18.4 Å². The first-order valence-corrected chi connectivity index (χ1v) is 8.81. The summed E-state index contributed by atoms with van der Waals surface area (Å²) in [6, 6.07) is 6.48. The van der Waals surface area contributed by atoms with Crippen LogP contribution in [-0.2, 0) is 0 Å². The third kappa shape index (κ3) is 4.14. The lowest BCUT2D eigenvalue weighted by Crippen LogP contribution is -2.42. The van der Waals surface area contributed by atoms with Gasteiger partial charge in [-0.25, -0.2) is 13.6 Å². The van der Waals surface area contributed by atoms with Crippen molar-refractivity contribution in [1.82, 2.24) is 9.88 Å². The molecule has 1 fully saturated rings. The first-order valence-electron chi connectivity index (χ1n) is 8.81. The van der Waals surface area contributed by atoms with Crippen LogP contribution in [0.2, 0.25) is 0 Å². The molecule has 1 aromatic carbocycles. The lowest BCUT2D eigenvalue weighted by Gasteiger charge is -2.31. The molecule has 144 valence electrons. The van der Waals surface area contributed by atoms with Gasteiger partial charge in [0.15, 0.2) is 5.78 Å². The molecule has 28 heavy (non-hydrogen) atoms. The summed E-state index contributed by atoms with van der Waals surface area (Å²) in [6.45, 7) is 2.41. The number of ketones is 1.